The van der Waals surface area contributed by atoms with Gasteiger partial charge in [0.25, 0.3) is 5.95 Å². The van der Waals surface area contributed by atoms with E-state index in [1.54, 1.807) is 24.3 Å². The minimum Gasteiger partial charge on any atom is -0.477 e. The smallest absolute Gasteiger partial charge is 0.341 e. The molecular weight excluding hydrogens is 346 g/mol. The van der Waals surface area contributed by atoms with Crippen LogP contribution in [0.5, 0.6) is 0 Å². The van der Waals surface area contributed by atoms with Crippen LogP contribution in [0.3, 0.4) is 0 Å². The van der Waals surface area contributed by atoms with Crippen molar-refractivity contribution in [3.8, 4) is 12.0 Å². The number of nitrogens with zero attached hydrogens (tertiary/aromatic N) is 5. The van der Waals surface area contributed by atoms with Crippen molar-refractivity contribution in [1.82, 2.24) is 19.7 Å². The van der Waals surface area contributed by atoms with Gasteiger partial charge in [-0.15, -0.1) is 0 Å². The molecule has 0 atom stereocenters. The average molecular weight is 356 g/mol. The van der Waals surface area contributed by atoms with Crippen LogP contribution >= 0.6 is 11.6 Å². The van der Waals surface area contributed by atoms with Crippen molar-refractivity contribution in [2.45, 2.75) is 0 Å². The fourth-order valence-corrected chi connectivity index (χ4v) is 2.24. The molecule has 0 fully saturated rings. The molecule has 0 aliphatic rings. The molecule has 1 aromatic carbocycles. The van der Waals surface area contributed by atoms with Gasteiger partial charge in [-0.1, -0.05) is 17.7 Å². The summed E-state index contributed by atoms with van der Waals surface area (Å²) in [6.45, 7) is 0. The highest BCUT2D eigenvalue weighted by Gasteiger charge is 2.17. The molecule has 10 heteroatoms. The van der Waals surface area contributed by atoms with Gasteiger partial charge in [-0.2, -0.15) is 25.0 Å². The Morgan fingerprint density at radius 1 is 1.36 bits per heavy atom. The van der Waals surface area contributed by atoms with E-state index in [0.717, 1.165) is 10.9 Å². The van der Waals surface area contributed by atoms with Crippen LogP contribution in [0.1, 0.15) is 16.1 Å². The second kappa shape index (κ2) is 6.46. The molecule has 0 aliphatic heterocycles. The summed E-state index contributed by atoms with van der Waals surface area (Å²) in [5.41, 5.74) is 6.29. The topological polar surface area (TPSA) is 143 Å². The molecule has 0 amide bonds. The zero-order valence-electron chi connectivity index (χ0n) is 12.5. The Bertz CT molecular complexity index is 1010. The lowest BCUT2D eigenvalue weighted by Crippen LogP contribution is -2.10. The quantitative estimate of drug-likeness (QED) is 0.646. The fourth-order valence-electron chi connectivity index (χ4n) is 2.05. The molecule has 0 aliphatic carbocycles. The first-order valence-electron chi connectivity index (χ1n) is 6.87. The van der Waals surface area contributed by atoms with Crippen LogP contribution in [0.15, 0.2) is 36.5 Å². The summed E-state index contributed by atoms with van der Waals surface area (Å²) >= 11 is 5.94. The highest BCUT2D eigenvalue weighted by Crippen LogP contribution is 2.21. The van der Waals surface area contributed by atoms with Gasteiger partial charge in [-0.05, 0) is 18.2 Å². The molecule has 124 valence electrons. The summed E-state index contributed by atoms with van der Waals surface area (Å²) < 4.78 is 1.05. The van der Waals surface area contributed by atoms with Crippen LogP contribution < -0.4 is 11.1 Å². The van der Waals surface area contributed by atoms with Gasteiger partial charge in [0.2, 0.25) is 0 Å². The van der Waals surface area contributed by atoms with Crippen molar-refractivity contribution in [3.05, 3.63) is 52.8 Å². The molecule has 0 unspecified atom stereocenters. The molecule has 4 N–H and O–H groups in total. The number of halogens is 1. The number of nitrogens with two attached hydrogens (primary N) is 1. The van der Waals surface area contributed by atoms with Gasteiger partial charge in [0, 0.05) is 16.8 Å². The summed E-state index contributed by atoms with van der Waals surface area (Å²) in [5.74, 6) is -1.10. The zero-order chi connectivity index (χ0) is 18.0. The van der Waals surface area contributed by atoms with E-state index >= 15 is 0 Å². The standard InChI is InChI=1S/C15H10ClN7O2/c16-8-2-1-3-9(4-8)20-12-5-10(6-17)21-15(22-12)23-13(18)11(7-19-23)14(24)25/h1-5,7H,18H2,(H,24,25)(H,20,21,22). The first kappa shape index (κ1) is 16.2. The number of rotatable bonds is 4. The Kier molecular flexibility index (Phi) is 4.20. The third-order valence-corrected chi connectivity index (χ3v) is 3.39. The number of anilines is 3. The maximum Gasteiger partial charge on any atom is 0.341 e. The molecule has 0 bridgehead atoms. The fraction of sp³-hybridized carbons (Fsp3) is 0. The second-order valence-electron chi connectivity index (χ2n) is 4.85. The van der Waals surface area contributed by atoms with Crippen molar-refractivity contribution in [2.75, 3.05) is 11.1 Å². The molecule has 0 saturated carbocycles. The number of nitriles is 1. The summed E-state index contributed by atoms with van der Waals surface area (Å²) in [6, 6.07) is 10.3. The number of nitrogen functional groups attached to an aromatic ring is 1. The minimum absolute atomic E-state index is 0.0337. The summed E-state index contributed by atoms with van der Waals surface area (Å²) in [5, 5.41) is 25.6. The predicted molar refractivity (Wildman–Crippen MR) is 90.0 cm³/mol. The number of carboxylic acid groups (broad SMARTS) is 1. The molecule has 2 aromatic heterocycles. The van der Waals surface area contributed by atoms with Crippen molar-refractivity contribution in [2.24, 2.45) is 0 Å². The normalized spacial score (nSPS) is 10.2. The van der Waals surface area contributed by atoms with Crippen LogP contribution in [-0.4, -0.2) is 30.8 Å². The monoisotopic (exact) mass is 355 g/mol. The highest BCUT2D eigenvalue weighted by atomic mass is 35.5. The highest BCUT2D eigenvalue weighted by molar-refractivity contribution is 6.30. The maximum absolute atomic E-state index is 11.1. The van der Waals surface area contributed by atoms with Gasteiger partial charge in [0.15, 0.2) is 0 Å². The van der Waals surface area contributed by atoms with Crippen molar-refractivity contribution < 1.29 is 9.90 Å². The Morgan fingerprint density at radius 3 is 2.80 bits per heavy atom. The minimum atomic E-state index is -1.22. The Hall–Kier alpha value is -3.64. The molecule has 2 heterocycles. The lowest BCUT2D eigenvalue weighted by Gasteiger charge is -2.09. The van der Waals surface area contributed by atoms with Gasteiger partial charge >= 0.3 is 5.97 Å². The second-order valence-corrected chi connectivity index (χ2v) is 5.28. The number of carbonyl (C=O) groups is 1. The van der Waals surface area contributed by atoms with Crippen molar-refractivity contribution in [3.63, 3.8) is 0 Å². The van der Waals surface area contributed by atoms with Crippen LogP contribution in [0.4, 0.5) is 17.3 Å². The Balaban J connectivity index is 2.04. The number of nitrogens with one attached hydrogen (secondary N) is 1. The number of hydrogen-bond donors (Lipinski definition) is 3. The van der Waals surface area contributed by atoms with E-state index in [-0.39, 0.29) is 23.0 Å². The van der Waals surface area contributed by atoms with Gasteiger partial charge in [0.05, 0.1) is 6.20 Å². The van der Waals surface area contributed by atoms with E-state index in [2.05, 4.69) is 20.4 Å². The van der Waals surface area contributed by atoms with Crippen molar-refractivity contribution in [1.29, 1.82) is 5.26 Å². The molecule has 3 aromatic rings. The van der Waals surface area contributed by atoms with Crippen molar-refractivity contribution >= 4 is 34.9 Å². The summed E-state index contributed by atoms with van der Waals surface area (Å²) in [7, 11) is 0. The first-order chi connectivity index (χ1) is 12.0. The van der Waals surface area contributed by atoms with Gasteiger partial charge in [-0.25, -0.2) is 4.79 Å². The third-order valence-electron chi connectivity index (χ3n) is 3.15. The van der Waals surface area contributed by atoms with Crippen LogP contribution in [0, 0.1) is 11.3 Å². The van der Waals surface area contributed by atoms with Gasteiger partial charge in [-0.3, -0.25) is 0 Å². The van der Waals surface area contributed by atoms with Crippen LogP contribution in [0.25, 0.3) is 5.95 Å². The molecule has 0 spiro atoms. The third kappa shape index (κ3) is 3.34. The predicted octanol–water partition coefficient (Wildman–Crippen LogP) is 2.21. The number of hydrogen-bond acceptors (Lipinski definition) is 7. The van der Waals surface area contributed by atoms with E-state index in [4.69, 9.17) is 27.7 Å². The largest absolute Gasteiger partial charge is 0.477 e. The summed E-state index contributed by atoms with van der Waals surface area (Å²) in [6.07, 6.45) is 1.09. The molecule has 25 heavy (non-hydrogen) atoms. The van der Waals surface area contributed by atoms with E-state index in [9.17, 15) is 4.79 Å². The molecule has 3 rings (SSSR count). The maximum atomic E-state index is 11.1. The van der Waals surface area contributed by atoms with E-state index in [0.29, 0.717) is 16.5 Å². The number of carboxylic acids is 1. The number of aromatic carboxylic acids is 1. The van der Waals surface area contributed by atoms with E-state index < -0.39 is 5.97 Å². The van der Waals surface area contributed by atoms with Crippen LogP contribution in [0.2, 0.25) is 5.02 Å². The van der Waals surface area contributed by atoms with Crippen LogP contribution in [-0.2, 0) is 0 Å². The molecule has 9 nitrogen and oxygen atoms in total. The van der Waals surface area contributed by atoms with E-state index in [1.165, 1.54) is 6.07 Å². The lowest BCUT2D eigenvalue weighted by molar-refractivity contribution is 0.0698. The molecule has 0 saturated heterocycles. The Labute approximate surface area is 146 Å². The Morgan fingerprint density at radius 2 is 2.16 bits per heavy atom. The van der Waals surface area contributed by atoms with E-state index in [1.807, 2.05) is 6.07 Å². The SMILES string of the molecule is N#Cc1cc(Nc2cccc(Cl)c2)nc(-n2ncc(C(=O)O)c2N)n1. The number of benzene rings is 1. The lowest BCUT2D eigenvalue weighted by atomic mass is 10.3. The number of aromatic nitrogens is 4. The molecular formula is C15H10ClN7O2. The molecule has 0 radical (unpaired) electrons. The first-order valence-corrected chi connectivity index (χ1v) is 7.24. The van der Waals surface area contributed by atoms with Gasteiger partial charge in [0.1, 0.15) is 29.0 Å². The average Bonchev–Trinajstić information content (AvgIpc) is 2.96. The van der Waals surface area contributed by atoms with Gasteiger partial charge < -0.3 is 16.2 Å². The zero-order valence-corrected chi connectivity index (χ0v) is 13.3. The summed E-state index contributed by atoms with van der Waals surface area (Å²) in [4.78, 5) is 19.3.